The molecule has 0 aliphatic carbocycles. The smallest absolute Gasteiger partial charge is 0.319 e. The number of anilines is 1. The van der Waals surface area contributed by atoms with Crippen LogP contribution in [0.5, 0.6) is 11.5 Å². The number of ether oxygens (including phenoxy) is 2. The lowest BCUT2D eigenvalue weighted by Crippen LogP contribution is -2.31. The van der Waals surface area contributed by atoms with Gasteiger partial charge in [0.2, 0.25) is 0 Å². The Morgan fingerprint density at radius 1 is 1.13 bits per heavy atom. The highest BCUT2D eigenvalue weighted by molar-refractivity contribution is 6.30. The van der Waals surface area contributed by atoms with Crippen molar-refractivity contribution in [1.82, 2.24) is 5.32 Å². The highest BCUT2D eigenvalue weighted by atomic mass is 35.5. The Morgan fingerprint density at radius 3 is 2.65 bits per heavy atom. The average Bonchev–Trinajstić information content (AvgIpc) is 2.55. The first-order chi connectivity index (χ1) is 11.1. The second-order valence-corrected chi connectivity index (χ2v) is 5.64. The number of halogens is 1. The molecule has 1 unspecified atom stereocenters. The van der Waals surface area contributed by atoms with Crippen LogP contribution in [0.1, 0.15) is 18.5 Å². The van der Waals surface area contributed by atoms with E-state index in [0.29, 0.717) is 35.4 Å². The van der Waals surface area contributed by atoms with E-state index in [0.717, 1.165) is 5.56 Å². The van der Waals surface area contributed by atoms with Crippen LogP contribution in [0, 0.1) is 0 Å². The molecule has 0 spiro atoms. The number of nitrogens with one attached hydrogen (secondary N) is 2. The minimum absolute atomic E-state index is 0.149. The summed E-state index contributed by atoms with van der Waals surface area (Å²) in [5.41, 5.74) is 1.56. The maximum absolute atomic E-state index is 12.2. The van der Waals surface area contributed by atoms with Gasteiger partial charge >= 0.3 is 6.03 Å². The zero-order valence-electron chi connectivity index (χ0n) is 12.6. The first-order valence-electron chi connectivity index (χ1n) is 7.35. The maximum Gasteiger partial charge on any atom is 0.319 e. The molecule has 0 radical (unpaired) electrons. The first kappa shape index (κ1) is 15.5. The number of carbonyl (C=O) groups excluding carboxylic acids is 1. The Morgan fingerprint density at radius 2 is 1.87 bits per heavy atom. The third-order valence-electron chi connectivity index (χ3n) is 3.53. The molecule has 1 atom stereocenters. The Labute approximate surface area is 139 Å². The van der Waals surface area contributed by atoms with Crippen molar-refractivity contribution in [2.24, 2.45) is 0 Å². The Bertz CT molecular complexity index is 703. The van der Waals surface area contributed by atoms with Crippen molar-refractivity contribution < 1.29 is 14.3 Å². The van der Waals surface area contributed by atoms with Gasteiger partial charge in [-0.3, -0.25) is 0 Å². The van der Waals surface area contributed by atoms with Crippen LogP contribution in [0.2, 0.25) is 5.02 Å². The minimum Gasteiger partial charge on any atom is -0.486 e. The summed E-state index contributed by atoms with van der Waals surface area (Å²) in [4.78, 5) is 12.2. The van der Waals surface area contributed by atoms with Gasteiger partial charge < -0.3 is 20.1 Å². The number of para-hydroxylation sites is 1. The van der Waals surface area contributed by atoms with E-state index in [1.54, 1.807) is 18.2 Å². The molecule has 1 aliphatic rings. The van der Waals surface area contributed by atoms with Crippen molar-refractivity contribution in [1.29, 1.82) is 0 Å². The second kappa shape index (κ2) is 6.79. The Kier molecular flexibility index (Phi) is 4.57. The fraction of sp³-hybridized carbons (Fsp3) is 0.235. The molecule has 0 fully saturated rings. The predicted octanol–water partition coefficient (Wildman–Crippen LogP) is 3.99. The van der Waals surface area contributed by atoms with Crippen LogP contribution >= 0.6 is 11.6 Å². The highest BCUT2D eigenvalue weighted by Crippen LogP contribution is 2.37. The van der Waals surface area contributed by atoms with E-state index >= 15 is 0 Å². The van der Waals surface area contributed by atoms with Crippen LogP contribution in [0.4, 0.5) is 10.5 Å². The molecule has 0 saturated carbocycles. The van der Waals surface area contributed by atoms with Gasteiger partial charge in [0.25, 0.3) is 0 Å². The lowest BCUT2D eigenvalue weighted by molar-refractivity contribution is 0.172. The zero-order valence-corrected chi connectivity index (χ0v) is 13.4. The number of hydrogen-bond donors (Lipinski definition) is 2. The van der Waals surface area contributed by atoms with Crippen molar-refractivity contribution in [2.45, 2.75) is 13.0 Å². The summed E-state index contributed by atoms with van der Waals surface area (Å²) in [5.74, 6) is 1.20. The number of fused-ring (bicyclic) bond motifs is 1. The number of hydrogen-bond acceptors (Lipinski definition) is 3. The van der Waals surface area contributed by atoms with Crippen molar-refractivity contribution >= 4 is 23.3 Å². The van der Waals surface area contributed by atoms with Crippen molar-refractivity contribution in [3.8, 4) is 11.5 Å². The summed E-state index contributed by atoms with van der Waals surface area (Å²) in [5, 5.41) is 6.35. The molecule has 3 rings (SSSR count). The van der Waals surface area contributed by atoms with Crippen LogP contribution in [0.3, 0.4) is 0 Å². The summed E-state index contributed by atoms with van der Waals surface area (Å²) >= 11 is 5.87. The van der Waals surface area contributed by atoms with Crippen molar-refractivity contribution in [3.05, 3.63) is 53.1 Å². The second-order valence-electron chi connectivity index (χ2n) is 5.20. The predicted molar refractivity (Wildman–Crippen MR) is 89.5 cm³/mol. The summed E-state index contributed by atoms with van der Waals surface area (Å²) in [6.07, 6.45) is 0. The lowest BCUT2D eigenvalue weighted by Gasteiger charge is -2.21. The molecule has 1 heterocycles. The third-order valence-corrected chi connectivity index (χ3v) is 3.78. The quantitative estimate of drug-likeness (QED) is 0.893. The van der Waals surface area contributed by atoms with E-state index in [1.165, 1.54) is 0 Å². The van der Waals surface area contributed by atoms with E-state index in [1.807, 2.05) is 31.2 Å². The largest absolute Gasteiger partial charge is 0.486 e. The molecular formula is C17H17ClN2O3. The SMILES string of the molecule is CC(NC(=O)Nc1cccc2c1OCCO2)c1ccc(Cl)cc1. The molecule has 0 bridgehead atoms. The molecule has 120 valence electrons. The van der Waals surface area contributed by atoms with Gasteiger partial charge in [-0.05, 0) is 36.8 Å². The van der Waals surface area contributed by atoms with Gasteiger partial charge in [0.1, 0.15) is 13.2 Å². The highest BCUT2D eigenvalue weighted by Gasteiger charge is 2.18. The zero-order chi connectivity index (χ0) is 16.2. The topological polar surface area (TPSA) is 59.6 Å². The van der Waals surface area contributed by atoms with Crippen LogP contribution < -0.4 is 20.1 Å². The Balaban J connectivity index is 1.67. The number of rotatable bonds is 3. The van der Waals surface area contributed by atoms with Gasteiger partial charge in [0.15, 0.2) is 11.5 Å². The van der Waals surface area contributed by atoms with Gasteiger partial charge in [0.05, 0.1) is 11.7 Å². The van der Waals surface area contributed by atoms with Crippen LogP contribution in [0.15, 0.2) is 42.5 Å². The van der Waals surface area contributed by atoms with Crippen molar-refractivity contribution in [3.63, 3.8) is 0 Å². The third kappa shape index (κ3) is 3.68. The van der Waals surface area contributed by atoms with Crippen LogP contribution in [-0.4, -0.2) is 19.2 Å². The fourth-order valence-corrected chi connectivity index (χ4v) is 2.49. The molecule has 2 aromatic rings. The number of urea groups is 1. The summed E-state index contributed by atoms with van der Waals surface area (Å²) in [6, 6.07) is 12.3. The van der Waals surface area contributed by atoms with Gasteiger partial charge in [-0.15, -0.1) is 0 Å². The first-order valence-corrected chi connectivity index (χ1v) is 7.73. The van der Waals surface area contributed by atoms with Gasteiger partial charge in [-0.25, -0.2) is 4.79 Å². The molecule has 5 nitrogen and oxygen atoms in total. The van der Waals surface area contributed by atoms with Crippen LogP contribution in [-0.2, 0) is 0 Å². The molecule has 2 amide bonds. The monoisotopic (exact) mass is 332 g/mol. The van der Waals surface area contributed by atoms with Crippen LogP contribution in [0.25, 0.3) is 0 Å². The van der Waals surface area contributed by atoms with E-state index in [2.05, 4.69) is 10.6 Å². The molecular weight excluding hydrogens is 316 g/mol. The standard InChI is InChI=1S/C17H17ClN2O3/c1-11(12-5-7-13(18)8-6-12)19-17(21)20-14-3-2-4-15-16(14)23-10-9-22-15/h2-8,11H,9-10H2,1H3,(H2,19,20,21). The summed E-state index contributed by atoms with van der Waals surface area (Å²) in [7, 11) is 0. The molecule has 2 N–H and O–H groups in total. The molecule has 1 aliphatic heterocycles. The number of amides is 2. The van der Waals surface area contributed by atoms with Crippen molar-refractivity contribution in [2.75, 3.05) is 18.5 Å². The van der Waals surface area contributed by atoms with E-state index in [4.69, 9.17) is 21.1 Å². The molecule has 6 heteroatoms. The average molecular weight is 333 g/mol. The fourth-order valence-electron chi connectivity index (χ4n) is 2.36. The number of benzene rings is 2. The van der Waals surface area contributed by atoms with Gasteiger partial charge in [-0.1, -0.05) is 29.8 Å². The molecule has 0 saturated heterocycles. The van der Waals surface area contributed by atoms with E-state index in [9.17, 15) is 4.79 Å². The lowest BCUT2D eigenvalue weighted by atomic mass is 10.1. The molecule has 23 heavy (non-hydrogen) atoms. The summed E-state index contributed by atoms with van der Waals surface area (Å²) in [6.45, 7) is 2.88. The molecule has 2 aromatic carbocycles. The minimum atomic E-state index is -0.310. The molecule has 0 aromatic heterocycles. The van der Waals surface area contributed by atoms with E-state index in [-0.39, 0.29) is 12.1 Å². The van der Waals surface area contributed by atoms with Gasteiger partial charge in [-0.2, -0.15) is 0 Å². The maximum atomic E-state index is 12.2. The number of carbonyl (C=O) groups is 1. The van der Waals surface area contributed by atoms with E-state index < -0.39 is 0 Å². The van der Waals surface area contributed by atoms with Gasteiger partial charge in [0, 0.05) is 5.02 Å². The summed E-state index contributed by atoms with van der Waals surface area (Å²) < 4.78 is 11.1. The Hall–Kier alpha value is -2.40. The normalized spacial score (nSPS) is 14.0.